The lowest BCUT2D eigenvalue weighted by Crippen LogP contribution is -2.42. The summed E-state index contributed by atoms with van der Waals surface area (Å²) < 4.78 is 15.0. The van der Waals surface area contributed by atoms with Crippen LogP contribution in [0.1, 0.15) is 24.6 Å². The Morgan fingerprint density at radius 3 is 2.77 bits per heavy atom. The van der Waals surface area contributed by atoms with Crippen molar-refractivity contribution >= 4 is 5.91 Å². The molecule has 0 saturated carbocycles. The quantitative estimate of drug-likeness (QED) is 0.694. The van der Waals surface area contributed by atoms with Crippen molar-refractivity contribution in [2.75, 3.05) is 6.54 Å². The summed E-state index contributed by atoms with van der Waals surface area (Å²) in [6.45, 7) is 4.89. The number of halogens is 1. The average molecular weight is 356 g/mol. The molecule has 2 aromatic heterocycles. The number of rotatable bonds is 3. The van der Waals surface area contributed by atoms with Crippen molar-refractivity contribution in [2.24, 2.45) is 0 Å². The molecule has 26 heavy (non-hydrogen) atoms. The van der Waals surface area contributed by atoms with Gasteiger partial charge in [-0.25, -0.2) is 4.39 Å². The molecule has 1 aliphatic rings. The molecule has 1 amide bonds. The number of amides is 1. The summed E-state index contributed by atoms with van der Waals surface area (Å²) in [5.74, 6) is 1.51. The topological polar surface area (TPSA) is 94.6 Å². The van der Waals surface area contributed by atoms with Crippen molar-refractivity contribution < 1.29 is 9.18 Å². The van der Waals surface area contributed by atoms with Gasteiger partial charge in [0.1, 0.15) is 18.2 Å². The van der Waals surface area contributed by atoms with Gasteiger partial charge < -0.3 is 9.47 Å². The Bertz CT molecular complexity index is 948. The Hall–Kier alpha value is -3.17. The van der Waals surface area contributed by atoms with E-state index in [0.29, 0.717) is 24.5 Å². The first-order chi connectivity index (χ1) is 12.5. The third kappa shape index (κ3) is 2.93. The Labute approximate surface area is 148 Å². The minimum atomic E-state index is -0.335. The Morgan fingerprint density at radius 1 is 1.23 bits per heavy atom. The fraction of sp³-hybridized carbons (Fsp3) is 0.375. The van der Waals surface area contributed by atoms with Gasteiger partial charge in [-0.3, -0.25) is 4.79 Å². The summed E-state index contributed by atoms with van der Waals surface area (Å²) in [5, 5.41) is 20.3. The maximum Gasteiger partial charge on any atom is 0.246 e. The number of hydrogen-bond acceptors (Lipinski definition) is 6. The van der Waals surface area contributed by atoms with Crippen LogP contribution in [0.15, 0.2) is 24.3 Å². The van der Waals surface area contributed by atoms with Gasteiger partial charge in [-0.15, -0.1) is 20.4 Å². The number of benzene rings is 1. The predicted molar refractivity (Wildman–Crippen MR) is 88.1 cm³/mol. The summed E-state index contributed by atoms with van der Waals surface area (Å²) in [6, 6.07) is 5.90. The van der Waals surface area contributed by atoms with Gasteiger partial charge in [-0.1, -0.05) is 0 Å². The van der Waals surface area contributed by atoms with E-state index in [9.17, 15) is 9.18 Å². The van der Waals surface area contributed by atoms with E-state index in [1.54, 1.807) is 17.0 Å². The molecule has 134 valence electrons. The van der Waals surface area contributed by atoms with E-state index in [1.165, 1.54) is 16.9 Å². The van der Waals surface area contributed by atoms with Gasteiger partial charge in [0.2, 0.25) is 11.7 Å². The van der Waals surface area contributed by atoms with Crippen LogP contribution in [0.3, 0.4) is 0 Å². The van der Waals surface area contributed by atoms with Crippen molar-refractivity contribution in [3.63, 3.8) is 0 Å². The molecule has 10 heteroatoms. The number of tetrazole rings is 1. The lowest BCUT2D eigenvalue weighted by Gasteiger charge is -2.32. The first-order valence-corrected chi connectivity index (χ1v) is 8.23. The molecule has 0 fully saturated rings. The standard InChI is InChI=1S/C16H17FN8O/c1-10-7-23(8-14-19-18-11(2)25(10)14)15(26)9-24-21-16(20-22-24)12-3-5-13(17)6-4-12/h3-6,10H,7-9H2,1-2H3/t10-/m0/s1. The monoisotopic (exact) mass is 356 g/mol. The molecule has 0 unspecified atom stereocenters. The average Bonchev–Trinajstić information content (AvgIpc) is 3.23. The molecule has 0 saturated heterocycles. The van der Waals surface area contributed by atoms with Gasteiger partial charge >= 0.3 is 0 Å². The van der Waals surface area contributed by atoms with Crippen LogP contribution < -0.4 is 0 Å². The van der Waals surface area contributed by atoms with E-state index in [2.05, 4.69) is 25.6 Å². The number of fused-ring (bicyclic) bond motifs is 1. The summed E-state index contributed by atoms with van der Waals surface area (Å²) >= 11 is 0. The molecular weight excluding hydrogens is 339 g/mol. The summed E-state index contributed by atoms with van der Waals surface area (Å²) in [4.78, 5) is 15.6. The largest absolute Gasteiger partial charge is 0.331 e. The highest BCUT2D eigenvalue weighted by Crippen LogP contribution is 2.21. The van der Waals surface area contributed by atoms with Crippen molar-refractivity contribution in [2.45, 2.75) is 33.0 Å². The molecule has 0 bridgehead atoms. The summed E-state index contributed by atoms with van der Waals surface area (Å²) in [6.07, 6.45) is 0. The molecule has 0 aliphatic carbocycles. The van der Waals surface area contributed by atoms with Crippen LogP contribution >= 0.6 is 0 Å². The van der Waals surface area contributed by atoms with Gasteiger partial charge in [0.05, 0.1) is 12.6 Å². The zero-order valence-electron chi connectivity index (χ0n) is 14.4. The maximum absolute atomic E-state index is 13.0. The maximum atomic E-state index is 13.0. The third-order valence-electron chi connectivity index (χ3n) is 4.38. The van der Waals surface area contributed by atoms with Gasteiger partial charge in [-0.05, 0) is 43.3 Å². The molecule has 0 radical (unpaired) electrons. The highest BCUT2D eigenvalue weighted by atomic mass is 19.1. The molecule has 1 aromatic carbocycles. The highest BCUT2D eigenvalue weighted by Gasteiger charge is 2.28. The lowest BCUT2D eigenvalue weighted by atomic mass is 10.2. The van der Waals surface area contributed by atoms with Crippen LogP contribution in [0.4, 0.5) is 4.39 Å². The zero-order chi connectivity index (χ0) is 18.3. The number of carbonyl (C=O) groups is 1. The summed E-state index contributed by atoms with van der Waals surface area (Å²) in [7, 11) is 0. The van der Waals surface area contributed by atoms with Gasteiger partial charge in [0.15, 0.2) is 5.82 Å². The third-order valence-corrected chi connectivity index (χ3v) is 4.38. The second kappa shape index (κ2) is 6.28. The van der Waals surface area contributed by atoms with Gasteiger partial charge in [0.25, 0.3) is 0 Å². The van der Waals surface area contributed by atoms with Gasteiger partial charge in [-0.2, -0.15) is 4.80 Å². The van der Waals surface area contributed by atoms with Crippen molar-refractivity contribution in [1.29, 1.82) is 0 Å². The lowest BCUT2D eigenvalue weighted by molar-refractivity contribution is -0.134. The predicted octanol–water partition coefficient (Wildman–Crippen LogP) is 0.983. The Balaban J connectivity index is 1.47. The second-order valence-corrected chi connectivity index (χ2v) is 6.31. The molecule has 3 aromatic rings. The van der Waals surface area contributed by atoms with Crippen LogP contribution in [0.2, 0.25) is 0 Å². The molecule has 9 nitrogen and oxygen atoms in total. The normalized spacial score (nSPS) is 16.6. The van der Waals surface area contributed by atoms with Crippen molar-refractivity contribution in [3.05, 3.63) is 41.7 Å². The minimum absolute atomic E-state index is 0.0198. The van der Waals surface area contributed by atoms with Crippen LogP contribution in [0, 0.1) is 12.7 Å². The van der Waals surface area contributed by atoms with Crippen LogP contribution in [0.25, 0.3) is 11.4 Å². The fourth-order valence-corrected chi connectivity index (χ4v) is 3.17. The van der Waals surface area contributed by atoms with E-state index < -0.39 is 0 Å². The van der Waals surface area contributed by atoms with E-state index in [-0.39, 0.29) is 24.3 Å². The number of nitrogens with zero attached hydrogens (tertiary/aromatic N) is 8. The van der Waals surface area contributed by atoms with Crippen LogP contribution in [-0.4, -0.2) is 52.3 Å². The van der Waals surface area contributed by atoms with Crippen molar-refractivity contribution in [3.8, 4) is 11.4 Å². The molecular formula is C16H17FN8O. The number of hydrogen-bond donors (Lipinski definition) is 0. The first kappa shape index (κ1) is 16.3. The summed E-state index contributed by atoms with van der Waals surface area (Å²) in [5.41, 5.74) is 0.639. The number of carbonyl (C=O) groups excluding carboxylic acids is 1. The Morgan fingerprint density at radius 2 is 2.00 bits per heavy atom. The molecule has 1 atom stereocenters. The highest BCUT2D eigenvalue weighted by molar-refractivity contribution is 5.76. The molecule has 4 rings (SSSR count). The van der Waals surface area contributed by atoms with Crippen molar-refractivity contribution in [1.82, 2.24) is 39.9 Å². The SMILES string of the molecule is Cc1nnc2n1[C@@H](C)CN(C(=O)Cn1nnc(-c3ccc(F)cc3)n1)C2. The molecule has 1 aliphatic heterocycles. The fourth-order valence-electron chi connectivity index (χ4n) is 3.17. The minimum Gasteiger partial charge on any atom is -0.331 e. The van der Waals surface area contributed by atoms with Gasteiger partial charge in [0, 0.05) is 12.1 Å². The van der Waals surface area contributed by atoms with Crippen LogP contribution in [0.5, 0.6) is 0 Å². The molecule has 0 spiro atoms. The van der Waals surface area contributed by atoms with Crippen LogP contribution in [-0.2, 0) is 17.9 Å². The van der Waals surface area contributed by atoms with E-state index in [1.807, 2.05) is 18.4 Å². The number of aryl methyl sites for hydroxylation is 1. The van der Waals surface area contributed by atoms with E-state index >= 15 is 0 Å². The smallest absolute Gasteiger partial charge is 0.246 e. The Kier molecular flexibility index (Phi) is 3.94. The molecule has 3 heterocycles. The second-order valence-electron chi connectivity index (χ2n) is 6.31. The van der Waals surface area contributed by atoms with E-state index in [4.69, 9.17) is 0 Å². The number of aromatic nitrogens is 7. The van der Waals surface area contributed by atoms with E-state index in [0.717, 1.165) is 11.6 Å². The first-order valence-electron chi connectivity index (χ1n) is 8.23. The zero-order valence-corrected chi connectivity index (χ0v) is 14.4. The molecule has 0 N–H and O–H groups in total.